The van der Waals surface area contributed by atoms with Gasteiger partial charge in [0.1, 0.15) is 34.3 Å². The normalized spacial score (nSPS) is 11.9. The van der Waals surface area contributed by atoms with Crippen molar-refractivity contribution in [2.45, 2.75) is 60.3 Å². The van der Waals surface area contributed by atoms with Crippen molar-refractivity contribution in [2.75, 3.05) is 0 Å². The van der Waals surface area contributed by atoms with Gasteiger partial charge in [0.25, 0.3) is 0 Å². The number of benzene rings is 2. The Morgan fingerprint density at radius 1 is 0.824 bits per heavy atom. The summed E-state index contributed by atoms with van der Waals surface area (Å²) in [6.45, 7) is 15.7. The summed E-state index contributed by atoms with van der Waals surface area (Å²) >= 11 is 0. The largest absolute Gasteiger partial charge is 0.507 e. The minimum absolute atomic E-state index is 0.0333. The van der Waals surface area contributed by atoms with Gasteiger partial charge in [-0.2, -0.15) is 0 Å². The topological polar surface area (TPSA) is 94.1 Å². The zero-order chi connectivity index (χ0) is 25.3. The monoisotopic (exact) mass is 462 g/mol. The van der Waals surface area contributed by atoms with Crippen molar-refractivity contribution < 1.29 is 24.8 Å². The fourth-order valence-electron chi connectivity index (χ4n) is 4.04. The molecule has 4 N–H and O–H groups in total. The van der Waals surface area contributed by atoms with Gasteiger partial charge in [-0.15, -0.1) is 0 Å². The summed E-state index contributed by atoms with van der Waals surface area (Å²) in [6, 6.07) is 4.38. The highest BCUT2D eigenvalue weighted by molar-refractivity contribution is 5.93. The fraction of sp³-hybridized carbons (Fsp3) is 0.310. The average Bonchev–Trinajstić information content (AvgIpc) is 3.16. The third-order valence-corrected chi connectivity index (χ3v) is 6.14. The Morgan fingerprint density at radius 2 is 1.32 bits per heavy atom. The van der Waals surface area contributed by atoms with E-state index in [4.69, 9.17) is 4.42 Å². The Morgan fingerprint density at radius 3 is 1.79 bits per heavy atom. The number of hydrogen-bond acceptors (Lipinski definition) is 5. The van der Waals surface area contributed by atoms with Gasteiger partial charge in [0.05, 0.1) is 5.39 Å². The molecule has 1 unspecified atom stereocenters. The molecule has 0 aliphatic carbocycles. The van der Waals surface area contributed by atoms with Crippen molar-refractivity contribution in [2.24, 2.45) is 0 Å². The van der Waals surface area contributed by atoms with Crippen LogP contribution in [0.2, 0.25) is 0 Å². The summed E-state index contributed by atoms with van der Waals surface area (Å²) in [5.41, 5.74) is 5.73. The number of hydrogen-bond donors (Lipinski definition) is 4. The molecule has 180 valence electrons. The molecule has 0 spiro atoms. The van der Waals surface area contributed by atoms with Crippen LogP contribution in [-0.4, -0.2) is 20.4 Å². The first-order valence-corrected chi connectivity index (χ1v) is 11.4. The van der Waals surface area contributed by atoms with E-state index in [1.165, 1.54) is 12.1 Å². The number of fused-ring (bicyclic) bond motifs is 1. The van der Waals surface area contributed by atoms with E-state index in [0.29, 0.717) is 51.8 Å². The zero-order valence-corrected chi connectivity index (χ0v) is 20.8. The minimum atomic E-state index is -0.213. The van der Waals surface area contributed by atoms with Gasteiger partial charge >= 0.3 is 0 Å². The molecule has 0 amide bonds. The summed E-state index contributed by atoms with van der Waals surface area (Å²) in [7, 11) is 0. The first-order valence-electron chi connectivity index (χ1n) is 11.4. The second-order valence-electron chi connectivity index (χ2n) is 9.47. The molecule has 0 saturated carbocycles. The Hall–Kier alpha value is -3.60. The van der Waals surface area contributed by atoms with Crippen molar-refractivity contribution in [1.29, 1.82) is 0 Å². The molecular formula is C29H34O5. The minimum Gasteiger partial charge on any atom is -0.507 e. The van der Waals surface area contributed by atoms with Crippen molar-refractivity contribution in [3.05, 3.63) is 70.3 Å². The molecule has 2 aromatic carbocycles. The summed E-state index contributed by atoms with van der Waals surface area (Å²) in [6.07, 6.45) is 4.88. The molecule has 0 aliphatic rings. The van der Waals surface area contributed by atoms with Crippen LogP contribution in [0.1, 0.15) is 64.2 Å². The molecule has 0 aliphatic heterocycles. The third-order valence-electron chi connectivity index (χ3n) is 6.14. The van der Waals surface area contributed by atoms with Gasteiger partial charge in [-0.25, -0.2) is 0 Å². The highest BCUT2D eigenvalue weighted by Crippen LogP contribution is 2.47. The van der Waals surface area contributed by atoms with Gasteiger partial charge in [-0.1, -0.05) is 42.4 Å². The van der Waals surface area contributed by atoms with Crippen LogP contribution in [0.3, 0.4) is 0 Å². The van der Waals surface area contributed by atoms with Gasteiger partial charge in [0.15, 0.2) is 0 Å². The smallest absolute Gasteiger partial charge is 0.146 e. The first-order chi connectivity index (χ1) is 15.9. The molecule has 5 nitrogen and oxygen atoms in total. The second-order valence-corrected chi connectivity index (χ2v) is 9.47. The van der Waals surface area contributed by atoms with Crippen LogP contribution in [0.4, 0.5) is 0 Å². The number of allylic oxidation sites excluding steroid dienone is 5. The lowest BCUT2D eigenvalue weighted by Crippen LogP contribution is -1.97. The molecule has 3 aromatic rings. The molecule has 0 fully saturated rings. The maximum Gasteiger partial charge on any atom is 0.146 e. The predicted molar refractivity (Wildman–Crippen MR) is 138 cm³/mol. The Balaban J connectivity index is 2.41. The van der Waals surface area contributed by atoms with Crippen LogP contribution >= 0.6 is 0 Å². The first kappa shape index (κ1) is 25.0. The number of rotatable bonds is 7. The van der Waals surface area contributed by atoms with Crippen LogP contribution in [-0.2, 0) is 12.8 Å². The summed E-state index contributed by atoms with van der Waals surface area (Å²) < 4.78 is 6.30. The van der Waals surface area contributed by atoms with Crippen molar-refractivity contribution in [3.8, 4) is 34.3 Å². The lowest BCUT2D eigenvalue weighted by Gasteiger charge is -2.16. The van der Waals surface area contributed by atoms with Gasteiger partial charge in [-0.3, -0.25) is 0 Å². The van der Waals surface area contributed by atoms with Crippen molar-refractivity contribution >= 4 is 11.0 Å². The quantitative estimate of drug-likeness (QED) is 0.271. The maximum atomic E-state index is 10.8. The van der Waals surface area contributed by atoms with Crippen LogP contribution in [0.15, 0.2) is 58.1 Å². The molecule has 0 saturated heterocycles. The van der Waals surface area contributed by atoms with Crippen LogP contribution in [0.25, 0.3) is 22.3 Å². The van der Waals surface area contributed by atoms with E-state index in [1.807, 2.05) is 53.7 Å². The van der Waals surface area contributed by atoms with Gasteiger partial charge in [0, 0.05) is 40.3 Å². The molecule has 5 heteroatoms. The predicted octanol–water partition coefficient (Wildman–Crippen LogP) is 7.62. The highest BCUT2D eigenvalue weighted by Gasteiger charge is 2.25. The Bertz CT molecular complexity index is 1270. The lowest BCUT2D eigenvalue weighted by atomic mass is 9.91. The van der Waals surface area contributed by atoms with E-state index in [2.05, 4.69) is 6.58 Å². The van der Waals surface area contributed by atoms with Crippen LogP contribution < -0.4 is 0 Å². The molecule has 3 rings (SSSR count). The van der Waals surface area contributed by atoms with E-state index in [1.54, 1.807) is 6.07 Å². The molecule has 0 radical (unpaired) electrons. The lowest BCUT2D eigenvalue weighted by molar-refractivity contribution is 0.442. The van der Waals surface area contributed by atoms with E-state index < -0.39 is 0 Å². The number of furan rings is 1. The highest BCUT2D eigenvalue weighted by atomic mass is 16.3. The molecule has 0 bridgehead atoms. The summed E-state index contributed by atoms with van der Waals surface area (Å²) in [5, 5.41) is 43.2. The second kappa shape index (κ2) is 9.72. The van der Waals surface area contributed by atoms with Gasteiger partial charge in [0.2, 0.25) is 0 Å². The number of phenols is 4. The van der Waals surface area contributed by atoms with E-state index in [9.17, 15) is 20.4 Å². The molecular weight excluding hydrogens is 428 g/mol. The van der Waals surface area contributed by atoms with Crippen molar-refractivity contribution in [1.82, 2.24) is 0 Å². The fourth-order valence-corrected chi connectivity index (χ4v) is 4.04. The van der Waals surface area contributed by atoms with E-state index >= 15 is 0 Å². The maximum absolute atomic E-state index is 10.8. The Labute approximate surface area is 201 Å². The molecule has 1 atom stereocenters. The summed E-state index contributed by atoms with van der Waals surface area (Å²) in [5.74, 6) is -0.0690. The van der Waals surface area contributed by atoms with Crippen LogP contribution in [0, 0.1) is 0 Å². The number of phenolic OH excluding ortho intramolecular Hbond substituents is 4. The molecule has 1 aromatic heterocycles. The van der Waals surface area contributed by atoms with E-state index in [-0.39, 0.29) is 28.9 Å². The average molecular weight is 463 g/mol. The number of aromatic hydroxyl groups is 4. The SMILES string of the molecule is C=C(C)C(C)c1c(O)cc(O)c2cc(-c3c(CC=C(C)C)c(O)cc(O)c3CC=C(C)C)oc12. The summed E-state index contributed by atoms with van der Waals surface area (Å²) in [4.78, 5) is 0. The standard InChI is InChI=1S/C29H34O5/c1-15(2)8-10-19-22(30)13-23(31)20(11-9-16(3)4)28(19)26-12-21-24(32)14-25(33)27(29(21)34-26)18(7)17(5)6/h8-9,12-14,18,30-33H,5,10-11H2,1-4,6-7H3. The van der Waals surface area contributed by atoms with Crippen molar-refractivity contribution in [3.63, 3.8) is 0 Å². The third kappa shape index (κ3) is 4.84. The Kier molecular flexibility index (Phi) is 7.15. The van der Waals surface area contributed by atoms with Crippen LogP contribution in [0.5, 0.6) is 23.0 Å². The zero-order valence-electron chi connectivity index (χ0n) is 20.8. The molecule has 34 heavy (non-hydrogen) atoms. The van der Waals surface area contributed by atoms with Gasteiger partial charge < -0.3 is 24.8 Å². The van der Waals surface area contributed by atoms with E-state index in [0.717, 1.165) is 16.7 Å². The van der Waals surface area contributed by atoms with Gasteiger partial charge in [-0.05, 0) is 53.5 Å². The molecule has 1 heterocycles.